The van der Waals surface area contributed by atoms with Crippen LogP contribution < -0.4 is 10.4 Å². The van der Waals surface area contributed by atoms with E-state index in [1.165, 1.54) is 4.68 Å². The molecule has 0 radical (unpaired) electrons. The standard InChI is InChI=1S/C21H23N7O3/c1-13-17(31-15-8-9-22-16(10-15)14-11-23-27(4)12-14)6-7-18(24-13)28-20(29)25-19(26-28)21(2,3)30-5/h6-12H,1-5H3,(H,25,26,29). The van der Waals surface area contributed by atoms with E-state index in [4.69, 9.17) is 9.47 Å². The zero-order valence-corrected chi connectivity index (χ0v) is 17.9. The first kappa shape index (κ1) is 20.5. The molecule has 0 saturated carbocycles. The van der Waals surface area contributed by atoms with Gasteiger partial charge >= 0.3 is 5.69 Å². The predicted octanol–water partition coefficient (Wildman–Crippen LogP) is 2.73. The first-order chi connectivity index (χ1) is 14.8. The number of nitrogens with zero attached hydrogens (tertiary/aromatic N) is 6. The molecule has 0 aliphatic carbocycles. The van der Waals surface area contributed by atoms with Crippen molar-refractivity contribution in [1.82, 2.24) is 34.5 Å². The number of methoxy groups -OCH3 is 1. The second kappa shape index (κ2) is 7.80. The summed E-state index contributed by atoms with van der Waals surface area (Å²) in [7, 11) is 3.41. The highest BCUT2D eigenvalue weighted by atomic mass is 16.5. The highest BCUT2D eigenvalue weighted by Crippen LogP contribution is 2.27. The van der Waals surface area contributed by atoms with Crippen molar-refractivity contribution in [2.24, 2.45) is 7.05 Å². The number of H-pyrrole nitrogens is 1. The Morgan fingerprint density at radius 1 is 1.19 bits per heavy atom. The fourth-order valence-corrected chi connectivity index (χ4v) is 2.92. The lowest BCUT2D eigenvalue weighted by molar-refractivity contribution is 0.0115. The van der Waals surface area contributed by atoms with E-state index >= 15 is 0 Å². The predicted molar refractivity (Wildman–Crippen MR) is 113 cm³/mol. The van der Waals surface area contributed by atoms with Gasteiger partial charge in [0.15, 0.2) is 11.6 Å². The molecule has 0 atom stereocenters. The fourth-order valence-electron chi connectivity index (χ4n) is 2.92. The van der Waals surface area contributed by atoms with E-state index in [-0.39, 0.29) is 0 Å². The summed E-state index contributed by atoms with van der Waals surface area (Å²) in [5, 5.41) is 8.50. The number of aromatic nitrogens is 7. The van der Waals surface area contributed by atoms with E-state index in [2.05, 4.69) is 25.1 Å². The van der Waals surface area contributed by atoms with Gasteiger partial charge in [-0.25, -0.2) is 9.78 Å². The number of ether oxygens (including phenoxy) is 2. The molecular weight excluding hydrogens is 398 g/mol. The van der Waals surface area contributed by atoms with Gasteiger partial charge in [-0.2, -0.15) is 9.78 Å². The summed E-state index contributed by atoms with van der Waals surface area (Å²) in [6.07, 6.45) is 5.31. The monoisotopic (exact) mass is 421 g/mol. The first-order valence-corrected chi connectivity index (χ1v) is 9.63. The summed E-state index contributed by atoms with van der Waals surface area (Å²) in [5.74, 6) is 1.98. The van der Waals surface area contributed by atoms with Gasteiger partial charge in [0.05, 0.1) is 17.6 Å². The van der Waals surface area contributed by atoms with Gasteiger partial charge in [0, 0.05) is 38.2 Å². The van der Waals surface area contributed by atoms with Gasteiger partial charge in [0.2, 0.25) is 0 Å². The normalized spacial score (nSPS) is 11.6. The highest BCUT2D eigenvalue weighted by molar-refractivity contribution is 5.58. The van der Waals surface area contributed by atoms with Crippen molar-refractivity contribution in [3.63, 3.8) is 0 Å². The third kappa shape index (κ3) is 4.10. The smallest absolute Gasteiger partial charge is 0.349 e. The number of hydrogen-bond donors (Lipinski definition) is 1. The molecule has 1 N–H and O–H groups in total. The molecule has 10 nitrogen and oxygen atoms in total. The Kier molecular flexibility index (Phi) is 5.15. The van der Waals surface area contributed by atoms with Crippen molar-refractivity contribution in [3.8, 4) is 28.6 Å². The van der Waals surface area contributed by atoms with Crippen LogP contribution in [0.5, 0.6) is 11.5 Å². The third-order valence-electron chi connectivity index (χ3n) is 4.90. The third-order valence-corrected chi connectivity index (χ3v) is 4.90. The van der Waals surface area contributed by atoms with Crippen molar-refractivity contribution >= 4 is 0 Å². The molecule has 0 amide bonds. The summed E-state index contributed by atoms with van der Waals surface area (Å²) in [6.45, 7) is 5.44. The summed E-state index contributed by atoms with van der Waals surface area (Å²) >= 11 is 0. The van der Waals surface area contributed by atoms with Crippen LogP contribution in [0, 0.1) is 6.92 Å². The van der Waals surface area contributed by atoms with Gasteiger partial charge in [-0.05, 0) is 39.0 Å². The van der Waals surface area contributed by atoms with Gasteiger partial charge in [-0.3, -0.25) is 14.6 Å². The topological polar surface area (TPSA) is 113 Å². The Bertz CT molecular complexity index is 1290. The molecule has 4 aromatic rings. The van der Waals surface area contributed by atoms with Crippen LogP contribution in [0.25, 0.3) is 17.1 Å². The summed E-state index contributed by atoms with van der Waals surface area (Å²) in [5.41, 5.74) is 1.14. The Morgan fingerprint density at radius 2 is 2.00 bits per heavy atom. The van der Waals surface area contributed by atoms with Crippen LogP contribution in [0.4, 0.5) is 0 Å². The Balaban J connectivity index is 1.60. The van der Waals surface area contributed by atoms with E-state index in [1.807, 2.05) is 33.2 Å². The maximum atomic E-state index is 12.4. The molecule has 4 rings (SSSR count). The molecule has 0 saturated heterocycles. The number of aromatic amines is 1. The second-order valence-electron chi connectivity index (χ2n) is 7.54. The van der Waals surface area contributed by atoms with Crippen molar-refractivity contribution < 1.29 is 9.47 Å². The molecule has 0 fully saturated rings. The molecule has 0 aliphatic rings. The van der Waals surface area contributed by atoms with Crippen molar-refractivity contribution in [3.05, 3.63) is 64.9 Å². The van der Waals surface area contributed by atoms with Crippen LogP contribution in [0.15, 0.2) is 47.7 Å². The van der Waals surface area contributed by atoms with Crippen molar-refractivity contribution in [1.29, 1.82) is 0 Å². The van der Waals surface area contributed by atoms with Gasteiger partial charge in [0.1, 0.15) is 17.1 Å². The minimum Gasteiger partial charge on any atom is -0.455 e. The molecule has 0 unspecified atom stereocenters. The number of hydrogen-bond acceptors (Lipinski definition) is 7. The minimum atomic E-state index is -0.726. The number of rotatable bonds is 6. The number of pyridine rings is 2. The SMILES string of the molecule is COC(C)(C)c1nn(-c2ccc(Oc3ccnc(-c4cnn(C)c4)c3)c(C)n2)c(=O)[nH]1. The van der Waals surface area contributed by atoms with Gasteiger partial charge in [0.25, 0.3) is 0 Å². The summed E-state index contributed by atoms with van der Waals surface area (Å²) in [6, 6.07) is 7.04. The van der Waals surface area contributed by atoms with E-state index in [1.54, 1.807) is 49.3 Å². The average molecular weight is 421 g/mol. The minimum absolute atomic E-state index is 0.384. The molecule has 10 heteroatoms. The average Bonchev–Trinajstić information content (AvgIpc) is 3.36. The van der Waals surface area contributed by atoms with Crippen molar-refractivity contribution in [2.75, 3.05) is 7.11 Å². The van der Waals surface area contributed by atoms with Gasteiger partial charge in [-0.1, -0.05) is 0 Å². The zero-order valence-electron chi connectivity index (χ0n) is 17.9. The highest BCUT2D eigenvalue weighted by Gasteiger charge is 2.25. The lowest BCUT2D eigenvalue weighted by Gasteiger charge is -2.18. The molecule has 0 bridgehead atoms. The molecule has 31 heavy (non-hydrogen) atoms. The number of aryl methyl sites for hydroxylation is 2. The van der Waals surface area contributed by atoms with E-state index < -0.39 is 11.3 Å². The lowest BCUT2D eigenvalue weighted by atomic mass is 10.1. The van der Waals surface area contributed by atoms with Gasteiger partial charge in [-0.15, -0.1) is 5.10 Å². The van der Waals surface area contributed by atoms with E-state index in [0.717, 1.165) is 11.3 Å². The van der Waals surface area contributed by atoms with Crippen LogP contribution in [0.1, 0.15) is 25.4 Å². The van der Waals surface area contributed by atoms with Crippen LogP contribution in [0.2, 0.25) is 0 Å². The largest absolute Gasteiger partial charge is 0.455 e. The lowest BCUT2D eigenvalue weighted by Crippen LogP contribution is -2.22. The Morgan fingerprint density at radius 3 is 2.68 bits per heavy atom. The Hall–Kier alpha value is -3.79. The molecule has 0 aromatic carbocycles. The molecule has 4 aromatic heterocycles. The number of nitrogens with one attached hydrogen (secondary N) is 1. The van der Waals surface area contributed by atoms with Crippen LogP contribution in [-0.4, -0.2) is 41.6 Å². The maximum absolute atomic E-state index is 12.4. The fraction of sp³-hybridized carbons (Fsp3) is 0.286. The van der Waals surface area contributed by atoms with Crippen LogP contribution >= 0.6 is 0 Å². The van der Waals surface area contributed by atoms with Crippen molar-refractivity contribution in [2.45, 2.75) is 26.4 Å². The van der Waals surface area contributed by atoms with Gasteiger partial charge < -0.3 is 9.47 Å². The zero-order chi connectivity index (χ0) is 22.2. The maximum Gasteiger partial charge on any atom is 0.349 e. The second-order valence-corrected chi connectivity index (χ2v) is 7.54. The molecule has 4 heterocycles. The molecular formula is C21H23N7O3. The first-order valence-electron chi connectivity index (χ1n) is 9.63. The van der Waals surface area contributed by atoms with E-state index in [0.29, 0.717) is 28.8 Å². The molecule has 0 aliphatic heterocycles. The Labute approximate surface area is 178 Å². The van der Waals surface area contributed by atoms with Crippen LogP contribution in [-0.2, 0) is 17.4 Å². The summed E-state index contributed by atoms with van der Waals surface area (Å²) < 4.78 is 14.3. The molecule has 0 spiro atoms. The van der Waals surface area contributed by atoms with E-state index in [9.17, 15) is 4.79 Å². The summed E-state index contributed by atoms with van der Waals surface area (Å²) in [4.78, 5) is 23.9. The van der Waals surface area contributed by atoms with Crippen LogP contribution in [0.3, 0.4) is 0 Å². The quantitative estimate of drug-likeness (QED) is 0.509. The molecule has 160 valence electrons.